The van der Waals surface area contributed by atoms with E-state index in [9.17, 15) is 9.59 Å². The molecule has 0 fully saturated rings. The first-order valence-electron chi connectivity index (χ1n) is 10.5. The summed E-state index contributed by atoms with van der Waals surface area (Å²) in [4.78, 5) is 30.4. The first-order valence-corrected chi connectivity index (χ1v) is 10.5. The number of benzene rings is 3. The Balaban J connectivity index is 2.29. The maximum Gasteiger partial charge on any atom is 0.230 e. The summed E-state index contributed by atoms with van der Waals surface area (Å²) in [5.41, 5.74) is 2.78. The lowest BCUT2D eigenvalue weighted by atomic mass is 9.70. The van der Waals surface area contributed by atoms with E-state index in [0.29, 0.717) is 0 Å². The van der Waals surface area contributed by atoms with Gasteiger partial charge in [-0.1, -0.05) is 91.0 Å². The van der Waals surface area contributed by atoms with Crippen molar-refractivity contribution >= 4 is 11.8 Å². The van der Waals surface area contributed by atoms with Gasteiger partial charge in [0.25, 0.3) is 0 Å². The van der Waals surface area contributed by atoms with E-state index in [1.54, 1.807) is 38.0 Å². The number of carbonyl (C=O) groups excluding carboxylic acids is 2. The SMILES string of the molecule is CN(C)C(=O)[C@H](c1ccccc1)C(c1ccccc1)[C@@H](C(=O)N(C)C)c1ccccc1. The molecule has 0 heterocycles. The van der Waals surface area contributed by atoms with Crippen molar-refractivity contribution in [3.8, 4) is 0 Å². The van der Waals surface area contributed by atoms with Crippen LogP contribution >= 0.6 is 0 Å². The smallest absolute Gasteiger partial charge is 0.230 e. The third-order valence-electron chi connectivity index (χ3n) is 5.63. The Morgan fingerprint density at radius 3 is 1.10 bits per heavy atom. The van der Waals surface area contributed by atoms with Crippen molar-refractivity contribution in [2.45, 2.75) is 17.8 Å². The Morgan fingerprint density at radius 1 is 0.516 bits per heavy atom. The molecule has 0 N–H and O–H groups in total. The quantitative estimate of drug-likeness (QED) is 0.571. The summed E-state index contributed by atoms with van der Waals surface area (Å²) in [6.45, 7) is 0. The van der Waals surface area contributed by atoms with Crippen LogP contribution in [-0.2, 0) is 9.59 Å². The second-order valence-electron chi connectivity index (χ2n) is 8.18. The molecule has 3 rings (SSSR count). The Morgan fingerprint density at radius 2 is 0.806 bits per heavy atom. The predicted molar refractivity (Wildman–Crippen MR) is 125 cm³/mol. The first-order chi connectivity index (χ1) is 14.9. The summed E-state index contributed by atoms with van der Waals surface area (Å²) < 4.78 is 0. The summed E-state index contributed by atoms with van der Waals surface area (Å²) in [7, 11) is 7.08. The molecule has 3 atom stereocenters. The second kappa shape index (κ2) is 10.1. The summed E-state index contributed by atoms with van der Waals surface area (Å²) in [6, 6.07) is 29.5. The van der Waals surface area contributed by atoms with E-state index < -0.39 is 11.8 Å². The lowest BCUT2D eigenvalue weighted by molar-refractivity contribution is -0.133. The molecule has 1 unspecified atom stereocenters. The number of carbonyl (C=O) groups is 2. The molecular weight excluding hydrogens is 384 g/mol. The van der Waals surface area contributed by atoms with Gasteiger partial charge in [-0.05, 0) is 16.7 Å². The van der Waals surface area contributed by atoms with E-state index >= 15 is 0 Å². The standard InChI is InChI=1S/C27H30N2O2/c1-28(2)26(30)24(21-16-10-6-11-17-21)23(20-14-8-5-9-15-20)25(27(31)29(3)4)22-18-12-7-13-19-22/h5-19,23-25H,1-4H3/t23?,24-,25+. The van der Waals surface area contributed by atoms with Crippen molar-refractivity contribution in [2.75, 3.05) is 28.2 Å². The highest BCUT2D eigenvalue weighted by Gasteiger charge is 2.41. The minimum Gasteiger partial charge on any atom is -0.348 e. The van der Waals surface area contributed by atoms with Crippen LogP contribution in [0.2, 0.25) is 0 Å². The van der Waals surface area contributed by atoms with E-state index in [-0.39, 0.29) is 17.7 Å². The molecule has 31 heavy (non-hydrogen) atoms. The highest BCUT2D eigenvalue weighted by molar-refractivity contribution is 5.89. The Hall–Kier alpha value is -3.40. The molecule has 0 aliphatic heterocycles. The third-order valence-corrected chi connectivity index (χ3v) is 5.63. The molecule has 0 spiro atoms. The molecule has 3 aromatic rings. The van der Waals surface area contributed by atoms with Crippen LogP contribution in [0.5, 0.6) is 0 Å². The molecule has 0 aliphatic rings. The summed E-state index contributed by atoms with van der Waals surface area (Å²) in [6.07, 6.45) is 0. The van der Waals surface area contributed by atoms with E-state index in [1.165, 1.54) is 0 Å². The zero-order valence-corrected chi connectivity index (χ0v) is 18.6. The predicted octanol–water partition coefficient (Wildman–Crippen LogP) is 4.51. The second-order valence-corrected chi connectivity index (χ2v) is 8.18. The van der Waals surface area contributed by atoms with Gasteiger partial charge in [0.15, 0.2) is 0 Å². The van der Waals surface area contributed by atoms with Crippen molar-refractivity contribution < 1.29 is 9.59 Å². The van der Waals surface area contributed by atoms with Crippen LogP contribution in [0.1, 0.15) is 34.4 Å². The van der Waals surface area contributed by atoms with Gasteiger partial charge in [0.2, 0.25) is 11.8 Å². The maximum absolute atomic E-state index is 13.6. The van der Waals surface area contributed by atoms with Crippen LogP contribution < -0.4 is 0 Å². The Labute approximate surface area is 185 Å². The number of likely N-dealkylation sites (N-methyl/N-ethyl adjacent to an activating group) is 2. The first kappa shape index (κ1) is 22.3. The molecular formula is C27H30N2O2. The van der Waals surface area contributed by atoms with E-state index in [2.05, 4.69) is 0 Å². The van der Waals surface area contributed by atoms with Crippen LogP contribution in [0.15, 0.2) is 91.0 Å². The van der Waals surface area contributed by atoms with Crippen LogP contribution in [0.3, 0.4) is 0 Å². The van der Waals surface area contributed by atoms with Gasteiger partial charge in [-0.25, -0.2) is 0 Å². The molecule has 2 amide bonds. The largest absolute Gasteiger partial charge is 0.348 e. The minimum atomic E-state index is -0.507. The van der Waals surface area contributed by atoms with Crippen LogP contribution in [0.4, 0.5) is 0 Å². The molecule has 0 radical (unpaired) electrons. The zero-order chi connectivity index (χ0) is 22.4. The lowest BCUT2D eigenvalue weighted by Crippen LogP contribution is -2.39. The van der Waals surface area contributed by atoms with Gasteiger partial charge in [-0.15, -0.1) is 0 Å². The average Bonchev–Trinajstić information content (AvgIpc) is 2.80. The summed E-state index contributed by atoms with van der Waals surface area (Å²) in [5.74, 6) is -1.42. The fourth-order valence-electron chi connectivity index (χ4n) is 4.14. The fraction of sp³-hybridized carbons (Fsp3) is 0.259. The van der Waals surface area contributed by atoms with E-state index in [1.807, 2.05) is 91.0 Å². The molecule has 0 bridgehead atoms. The molecule has 0 aliphatic carbocycles. The van der Waals surface area contributed by atoms with E-state index in [4.69, 9.17) is 0 Å². The van der Waals surface area contributed by atoms with Crippen LogP contribution in [0.25, 0.3) is 0 Å². The number of hydrogen-bond acceptors (Lipinski definition) is 2. The maximum atomic E-state index is 13.6. The van der Waals surface area contributed by atoms with Crippen molar-refractivity contribution in [3.05, 3.63) is 108 Å². The van der Waals surface area contributed by atoms with Gasteiger partial charge < -0.3 is 9.80 Å². The molecule has 4 nitrogen and oxygen atoms in total. The summed E-state index contributed by atoms with van der Waals surface area (Å²) >= 11 is 0. The number of amides is 2. The molecule has 0 aromatic heterocycles. The monoisotopic (exact) mass is 414 g/mol. The van der Waals surface area contributed by atoms with Gasteiger partial charge >= 0.3 is 0 Å². The van der Waals surface area contributed by atoms with Crippen LogP contribution in [-0.4, -0.2) is 49.8 Å². The molecule has 3 aromatic carbocycles. The van der Waals surface area contributed by atoms with Gasteiger partial charge in [-0.2, -0.15) is 0 Å². The van der Waals surface area contributed by atoms with Crippen molar-refractivity contribution in [2.24, 2.45) is 0 Å². The third kappa shape index (κ3) is 5.02. The highest BCUT2D eigenvalue weighted by Crippen LogP contribution is 2.45. The number of rotatable bonds is 7. The molecule has 4 heteroatoms. The lowest BCUT2D eigenvalue weighted by Gasteiger charge is -2.36. The molecule has 160 valence electrons. The number of nitrogens with zero attached hydrogens (tertiary/aromatic N) is 2. The normalized spacial score (nSPS) is 13.7. The van der Waals surface area contributed by atoms with Gasteiger partial charge in [-0.3, -0.25) is 9.59 Å². The Kier molecular flexibility index (Phi) is 7.24. The molecule has 0 saturated heterocycles. The topological polar surface area (TPSA) is 40.6 Å². The summed E-state index contributed by atoms with van der Waals surface area (Å²) in [5, 5.41) is 0. The average molecular weight is 415 g/mol. The number of hydrogen-bond donors (Lipinski definition) is 0. The van der Waals surface area contributed by atoms with Crippen LogP contribution in [0, 0.1) is 0 Å². The Bertz CT molecular complexity index is 922. The van der Waals surface area contributed by atoms with Gasteiger partial charge in [0.1, 0.15) is 0 Å². The highest BCUT2D eigenvalue weighted by atomic mass is 16.2. The van der Waals surface area contributed by atoms with Gasteiger partial charge in [0.05, 0.1) is 11.8 Å². The van der Waals surface area contributed by atoms with Crippen molar-refractivity contribution in [1.29, 1.82) is 0 Å². The van der Waals surface area contributed by atoms with E-state index in [0.717, 1.165) is 16.7 Å². The zero-order valence-electron chi connectivity index (χ0n) is 18.6. The van der Waals surface area contributed by atoms with Crippen molar-refractivity contribution in [3.63, 3.8) is 0 Å². The van der Waals surface area contributed by atoms with Crippen molar-refractivity contribution in [1.82, 2.24) is 9.80 Å². The molecule has 0 saturated carbocycles. The van der Waals surface area contributed by atoms with Gasteiger partial charge in [0, 0.05) is 34.1 Å². The fourth-order valence-corrected chi connectivity index (χ4v) is 4.14. The minimum absolute atomic E-state index is 0.0208.